The topological polar surface area (TPSA) is 38.0 Å². The third-order valence-corrected chi connectivity index (χ3v) is 4.78. The van der Waals surface area contributed by atoms with Crippen LogP contribution in [-0.2, 0) is 0 Å². The lowest BCUT2D eigenvalue weighted by Gasteiger charge is -2.28. The average Bonchev–Trinajstić information content (AvgIpc) is 2.38. The summed E-state index contributed by atoms with van der Waals surface area (Å²) in [5, 5.41) is 3.49. The van der Waals surface area contributed by atoms with Crippen molar-refractivity contribution in [3.8, 4) is 0 Å². The molecule has 1 aromatic rings. The molecule has 1 heterocycles. The fraction of sp³-hybridized carbons (Fsp3) is 0.647. The van der Waals surface area contributed by atoms with E-state index in [2.05, 4.69) is 39.1 Å². The van der Waals surface area contributed by atoms with Crippen molar-refractivity contribution in [1.82, 2.24) is 5.32 Å². The van der Waals surface area contributed by atoms with E-state index in [0.29, 0.717) is 0 Å². The predicted molar refractivity (Wildman–Crippen MR) is 82.5 cm³/mol. The van der Waals surface area contributed by atoms with Gasteiger partial charge in [0.15, 0.2) is 0 Å². The van der Waals surface area contributed by atoms with Gasteiger partial charge in [0, 0.05) is 6.04 Å². The van der Waals surface area contributed by atoms with Crippen LogP contribution < -0.4 is 11.1 Å². The summed E-state index contributed by atoms with van der Waals surface area (Å²) in [5.74, 6) is 0.739. The summed E-state index contributed by atoms with van der Waals surface area (Å²) >= 11 is 0. The first kappa shape index (κ1) is 14.5. The van der Waals surface area contributed by atoms with E-state index in [1.807, 2.05) is 0 Å². The van der Waals surface area contributed by atoms with E-state index in [4.69, 9.17) is 5.73 Å². The molecule has 1 saturated heterocycles. The lowest BCUT2D eigenvalue weighted by Crippen LogP contribution is -2.32. The number of benzene rings is 1. The van der Waals surface area contributed by atoms with Crippen LogP contribution in [0.3, 0.4) is 0 Å². The molecule has 0 spiro atoms. The Kier molecular flexibility index (Phi) is 4.64. The lowest BCUT2D eigenvalue weighted by molar-refractivity contribution is 0.336. The van der Waals surface area contributed by atoms with Gasteiger partial charge in [-0.25, -0.2) is 0 Å². The van der Waals surface area contributed by atoms with Gasteiger partial charge in [-0.3, -0.25) is 0 Å². The molecular weight excluding hydrogens is 232 g/mol. The Labute approximate surface area is 117 Å². The van der Waals surface area contributed by atoms with Gasteiger partial charge in [0.2, 0.25) is 0 Å². The Balaban J connectivity index is 2.20. The van der Waals surface area contributed by atoms with Gasteiger partial charge in [0.25, 0.3) is 0 Å². The number of nitrogens with two attached hydrogens (primary N) is 1. The minimum absolute atomic E-state index is 0.184. The highest BCUT2D eigenvalue weighted by Crippen LogP contribution is 2.31. The molecule has 0 aromatic heterocycles. The first-order valence-corrected chi connectivity index (χ1v) is 7.54. The number of rotatable bonds is 3. The molecule has 1 aromatic carbocycles. The Bertz CT molecular complexity index is 419. The van der Waals surface area contributed by atoms with Crippen molar-refractivity contribution in [3.63, 3.8) is 0 Å². The second-order valence-corrected chi connectivity index (χ2v) is 6.23. The number of piperidine rings is 1. The maximum absolute atomic E-state index is 6.54. The number of hydrogen-bond acceptors (Lipinski definition) is 2. The summed E-state index contributed by atoms with van der Waals surface area (Å²) in [4.78, 5) is 0. The Morgan fingerprint density at radius 3 is 2.37 bits per heavy atom. The molecule has 2 unspecified atom stereocenters. The number of nitrogens with one attached hydrogen (secondary N) is 1. The third-order valence-electron chi connectivity index (χ3n) is 4.78. The molecule has 0 bridgehead atoms. The van der Waals surface area contributed by atoms with Crippen LogP contribution in [0.1, 0.15) is 53.1 Å². The molecule has 0 radical (unpaired) electrons. The van der Waals surface area contributed by atoms with Crippen molar-refractivity contribution in [1.29, 1.82) is 0 Å². The fourth-order valence-electron chi connectivity index (χ4n) is 3.41. The van der Waals surface area contributed by atoms with E-state index >= 15 is 0 Å². The molecule has 19 heavy (non-hydrogen) atoms. The molecule has 0 amide bonds. The molecule has 106 valence electrons. The fourth-order valence-corrected chi connectivity index (χ4v) is 3.41. The largest absolute Gasteiger partial charge is 0.324 e. The highest BCUT2D eigenvalue weighted by molar-refractivity contribution is 5.45. The highest BCUT2D eigenvalue weighted by Gasteiger charge is 2.21. The minimum atomic E-state index is 0.184. The molecule has 0 aliphatic carbocycles. The summed E-state index contributed by atoms with van der Waals surface area (Å²) in [6.07, 6.45) is 3.73. The molecule has 0 saturated carbocycles. The number of aryl methyl sites for hydroxylation is 2. The zero-order valence-corrected chi connectivity index (χ0v) is 12.8. The second-order valence-electron chi connectivity index (χ2n) is 6.23. The van der Waals surface area contributed by atoms with Crippen molar-refractivity contribution in [3.05, 3.63) is 33.9 Å². The van der Waals surface area contributed by atoms with Crippen LogP contribution in [0.5, 0.6) is 0 Å². The van der Waals surface area contributed by atoms with Crippen molar-refractivity contribution < 1.29 is 0 Å². The molecule has 1 fully saturated rings. The SMILES string of the molecule is Cc1cc(C)c(C)c(C(N)CC2CCCNC2)c1C. The first-order valence-electron chi connectivity index (χ1n) is 7.54. The van der Waals surface area contributed by atoms with Crippen LogP contribution in [0.15, 0.2) is 6.07 Å². The summed E-state index contributed by atoms with van der Waals surface area (Å²) in [6.45, 7) is 11.1. The third kappa shape index (κ3) is 3.18. The molecule has 1 aliphatic rings. The van der Waals surface area contributed by atoms with Gasteiger partial charge in [-0.1, -0.05) is 6.07 Å². The van der Waals surface area contributed by atoms with Gasteiger partial charge in [0.1, 0.15) is 0 Å². The minimum Gasteiger partial charge on any atom is -0.324 e. The van der Waals surface area contributed by atoms with Crippen LogP contribution in [0.2, 0.25) is 0 Å². The van der Waals surface area contributed by atoms with E-state index in [0.717, 1.165) is 18.9 Å². The molecule has 3 N–H and O–H groups in total. The Hall–Kier alpha value is -0.860. The highest BCUT2D eigenvalue weighted by atomic mass is 14.9. The number of hydrogen-bond donors (Lipinski definition) is 2. The van der Waals surface area contributed by atoms with E-state index in [1.54, 1.807) is 0 Å². The molecule has 2 heteroatoms. The van der Waals surface area contributed by atoms with Crippen molar-refractivity contribution in [2.45, 2.75) is 53.0 Å². The van der Waals surface area contributed by atoms with E-state index in [-0.39, 0.29) is 6.04 Å². The van der Waals surface area contributed by atoms with Crippen LogP contribution >= 0.6 is 0 Å². The maximum Gasteiger partial charge on any atom is 0.0303 e. The van der Waals surface area contributed by atoms with E-state index in [9.17, 15) is 0 Å². The Morgan fingerprint density at radius 1 is 1.21 bits per heavy atom. The van der Waals surface area contributed by atoms with Gasteiger partial charge in [0.05, 0.1) is 0 Å². The first-order chi connectivity index (χ1) is 9.00. The van der Waals surface area contributed by atoms with Gasteiger partial charge < -0.3 is 11.1 Å². The lowest BCUT2D eigenvalue weighted by atomic mass is 9.84. The summed E-state index contributed by atoms with van der Waals surface area (Å²) < 4.78 is 0. The van der Waals surface area contributed by atoms with Crippen molar-refractivity contribution in [2.24, 2.45) is 11.7 Å². The standard InChI is InChI=1S/C17H28N2/c1-11-8-12(2)14(4)17(13(11)3)16(18)9-15-6-5-7-19-10-15/h8,15-16,19H,5-7,9-10,18H2,1-4H3. The summed E-state index contributed by atoms with van der Waals surface area (Å²) in [7, 11) is 0. The predicted octanol–water partition coefficient (Wildman–Crippen LogP) is 3.31. The van der Waals surface area contributed by atoms with Crippen LogP contribution in [0.4, 0.5) is 0 Å². The van der Waals surface area contributed by atoms with Crippen LogP contribution in [-0.4, -0.2) is 13.1 Å². The van der Waals surface area contributed by atoms with E-state index < -0.39 is 0 Å². The smallest absolute Gasteiger partial charge is 0.0303 e. The summed E-state index contributed by atoms with van der Waals surface area (Å²) in [6, 6.07) is 2.46. The monoisotopic (exact) mass is 260 g/mol. The molecule has 2 atom stereocenters. The molecule has 2 rings (SSSR count). The zero-order chi connectivity index (χ0) is 14.0. The van der Waals surface area contributed by atoms with Gasteiger partial charge in [-0.2, -0.15) is 0 Å². The Morgan fingerprint density at radius 2 is 1.84 bits per heavy atom. The van der Waals surface area contributed by atoms with Crippen LogP contribution in [0.25, 0.3) is 0 Å². The average molecular weight is 260 g/mol. The quantitative estimate of drug-likeness (QED) is 0.875. The molecule has 2 nitrogen and oxygen atoms in total. The molecular formula is C17H28N2. The van der Waals surface area contributed by atoms with Gasteiger partial charge in [-0.05, 0) is 93.8 Å². The van der Waals surface area contributed by atoms with Crippen LogP contribution in [0, 0.1) is 33.6 Å². The van der Waals surface area contributed by atoms with E-state index in [1.165, 1.54) is 47.2 Å². The van der Waals surface area contributed by atoms with Crippen molar-refractivity contribution >= 4 is 0 Å². The summed E-state index contributed by atoms with van der Waals surface area (Å²) in [5.41, 5.74) is 13.4. The van der Waals surface area contributed by atoms with Gasteiger partial charge >= 0.3 is 0 Å². The van der Waals surface area contributed by atoms with Crippen molar-refractivity contribution in [2.75, 3.05) is 13.1 Å². The molecule has 1 aliphatic heterocycles. The zero-order valence-electron chi connectivity index (χ0n) is 12.8. The normalized spacial score (nSPS) is 21.4. The second kappa shape index (κ2) is 6.06. The van der Waals surface area contributed by atoms with Gasteiger partial charge in [-0.15, -0.1) is 0 Å². The maximum atomic E-state index is 6.54.